The standard InChI is InChI=1S/C13H20N2O.ClH/c1-3-6-11-7-4-5-8-12(11)15-13(16)9-10(2)14;/h4-5,7-8,10H,3,6,9,14H2,1-2H3,(H,15,16);1H. The number of para-hydroxylation sites is 1. The molecule has 3 nitrogen and oxygen atoms in total. The van der Waals surface area contributed by atoms with E-state index in [1.807, 2.05) is 31.2 Å². The molecule has 1 aromatic rings. The zero-order valence-corrected chi connectivity index (χ0v) is 11.2. The van der Waals surface area contributed by atoms with Crippen LogP contribution in [-0.2, 0) is 11.2 Å². The van der Waals surface area contributed by atoms with Crippen LogP contribution in [0, 0.1) is 0 Å². The first-order valence-corrected chi connectivity index (χ1v) is 5.76. The van der Waals surface area contributed by atoms with Crippen LogP contribution in [0.3, 0.4) is 0 Å². The Morgan fingerprint density at radius 1 is 1.41 bits per heavy atom. The van der Waals surface area contributed by atoms with E-state index in [-0.39, 0.29) is 24.4 Å². The Labute approximate surface area is 109 Å². The van der Waals surface area contributed by atoms with Crippen LogP contribution in [0.1, 0.15) is 32.3 Å². The van der Waals surface area contributed by atoms with Crippen LogP contribution in [0.25, 0.3) is 0 Å². The van der Waals surface area contributed by atoms with Gasteiger partial charge in [0.25, 0.3) is 0 Å². The molecule has 0 fully saturated rings. The monoisotopic (exact) mass is 256 g/mol. The Hall–Kier alpha value is -1.06. The molecule has 0 aliphatic carbocycles. The molecule has 0 spiro atoms. The molecule has 0 bridgehead atoms. The van der Waals surface area contributed by atoms with Crippen LogP contribution in [0.5, 0.6) is 0 Å². The minimum Gasteiger partial charge on any atom is -0.327 e. The number of rotatable bonds is 5. The SMILES string of the molecule is CCCc1ccccc1NC(=O)CC(C)N.Cl. The fourth-order valence-electron chi connectivity index (χ4n) is 1.62. The zero-order valence-electron chi connectivity index (χ0n) is 10.4. The summed E-state index contributed by atoms with van der Waals surface area (Å²) < 4.78 is 0. The van der Waals surface area contributed by atoms with Crippen molar-refractivity contribution >= 4 is 24.0 Å². The topological polar surface area (TPSA) is 55.1 Å². The second kappa shape index (κ2) is 8.09. The summed E-state index contributed by atoms with van der Waals surface area (Å²) in [5.41, 5.74) is 7.68. The van der Waals surface area contributed by atoms with E-state index < -0.39 is 0 Å². The molecule has 0 radical (unpaired) electrons. The van der Waals surface area contributed by atoms with Crippen molar-refractivity contribution in [2.75, 3.05) is 5.32 Å². The molecular weight excluding hydrogens is 236 g/mol. The summed E-state index contributed by atoms with van der Waals surface area (Å²) >= 11 is 0. The lowest BCUT2D eigenvalue weighted by Gasteiger charge is -2.11. The molecule has 0 aliphatic heterocycles. The first kappa shape index (κ1) is 15.9. The summed E-state index contributed by atoms with van der Waals surface area (Å²) in [4.78, 5) is 11.6. The molecule has 1 atom stereocenters. The molecule has 96 valence electrons. The number of nitrogens with one attached hydrogen (secondary N) is 1. The molecule has 1 aromatic carbocycles. The van der Waals surface area contributed by atoms with Crippen LogP contribution < -0.4 is 11.1 Å². The van der Waals surface area contributed by atoms with Gasteiger partial charge in [0.1, 0.15) is 0 Å². The third-order valence-electron chi connectivity index (χ3n) is 2.32. The fourth-order valence-corrected chi connectivity index (χ4v) is 1.62. The number of anilines is 1. The van der Waals surface area contributed by atoms with E-state index in [0.29, 0.717) is 6.42 Å². The number of hydrogen-bond acceptors (Lipinski definition) is 2. The summed E-state index contributed by atoms with van der Waals surface area (Å²) in [6.45, 7) is 3.96. The summed E-state index contributed by atoms with van der Waals surface area (Å²) in [5.74, 6) is -0.0152. The molecule has 0 saturated carbocycles. The smallest absolute Gasteiger partial charge is 0.225 e. The van der Waals surface area contributed by atoms with E-state index in [9.17, 15) is 4.79 Å². The molecule has 1 unspecified atom stereocenters. The first-order valence-electron chi connectivity index (χ1n) is 5.76. The summed E-state index contributed by atoms with van der Waals surface area (Å²) in [6.07, 6.45) is 2.41. The summed E-state index contributed by atoms with van der Waals surface area (Å²) in [5, 5.41) is 2.91. The van der Waals surface area contributed by atoms with E-state index in [1.165, 1.54) is 5.56 Å². The van der Waals surface area contributed by atoms with Crippen LogP contribution in [0.4, 0.5) is 5.69 Å². The Balaban J connectivity index is 0.00000256. The number of aryl methyl sites for hydroxylation is 1. The van der Waals surface area contributed by atoms with Crippen molar-refractivity contribution in [1.29, 1.82) is 0 Å². The number of benzene rings is 1. The average molecular weight is 257 g/mol. The van der Waals surface area contributed by atoms with Gasteiger partial charge < -0.3 is 11.1 Å². The van der Waals surface area contributed by atoms with E-state index in [1.54, 1.807) is 0 Å². The minimum atomic E-state index is -0.0988. The Kier molecular flexibility index (Phi) is 7.59. The largest absolute Gasteiger partial charge is 0.327 e. The Morgan fingerprint density at radius 3 is 2.65 bits per heavy atom. The molecule has 17 heavy (non-hydrogen) atoms. The highest BCUT2D eigenvalue weighted by Crippen LogP contribution is 2.16. The van der Waals surface area contributed by atoms with Gasteiger partial charge in [-0.15, -0.1) is 12.4 Å². The quantitative estimate of drug-likeness (QED) is 0.851. The van der Waals surface area contributed by atoms with Gasteiger partial charge in [0.05, 0.1) is 0 Å². The van der Waals surface area contributed by atoms with Crippen LogP contribution in [0.15, 0.2) is 24.3 Å². The van der Waals surface area contributed by atoms with Crippen LogP contribution in [-0.4, -0.2) is 11.9 Å². The van der Waals surface area contributed by atoms with E-state index in [0.717, 1.165) is 18.5 Å². The van der Waals surface area contributed by atoms with Crippen molar-refractivity contribution in [1.82, 2.24) is 0 Å². The van der Waals surface area contributed by atoms with Gasteiger partial charge in [0.2, 0.25) is 5.91 Å². The van der Waals surface area contributed by atoms with Gasteiger partial charge in [-0.25, -0.2) is 0 Å². The maximum Gasteiger partial charge on any atom is 0.225 e. The van der Waals surface area contributed by atoms with Crippen LogP contribution >= 0.6 is 12.4 Å². The number of carbonyl (C=O) groups excluding carboxylic acids is 1. The highest BCUT2D eigenvalue weighted by Gasteiger charge is 2.07. The van der Waals surface area contributed by atoms with Gasteiger partial charge in [-0.2, -0.15) is 0 Å². The third-order valence-corrected chi connectivity index (χ3v) is 2.32. The van der Waals surface area contributed by atoms with E-state index in [2.05, 4.69) is 12.2 Å². The minimum absolute atomic E-state index is 0. The lowest BCUT2D eigenvalue weighted by atomic mass is 10.1. The highest BCUT2D eigenvalue weighted by atomic mass is 35.5. The summed E-state index contributed by atoms with van der Waals surface area (Å²) in [7, 11) is 0. The number of hydrogen-bond donors (Lipinski definition) is 2. The van der Waals surface area contributed by atoms with Gasteiger partial charge in [-0.3, -0.25) is 4.79 Å². The van der Waals surface area contributed by atoms with Crippen LogP contribution in [0.2, 0.25) is 0 Å². The molecule has 0 aromatic heterocycles. The second-order valence-electron chi connectivity index (χ2n) is 4.14. The normalized spacial score (nSPS) is 11.5. The van der Waals surface area contributed by atoms with Crippen molar-refractivity contribution in [3.63, 3.8) is 0 Å². The summed E-state index contributed by atoms with van der Waals surface area (Å²) in [6, 6.07) is 7.81. The average Bonchev–Trinajstić information content (AvgIpc) is 2.20. The molecule has 0 heterocycles. The number of amides is 1. The van der Waals surface area contributed by atoms with E-state index in [4.69, 9.17) is 5.73 Å². The molecule has 1 rings (SSSR count). The van der Waals surface area contributed by atoms with Gasteiger partial charge >= 0.3 is 0 Å². The molecule has 0 aliphatic rings. The van der Waals surface area contributed by atoms with Crippen molar-refractivity contribution in [3.8, 4) is 0 Å². The lowest BCUT2D eigenvalue weighted by Crippen LogP contribution is -2.24. The van der Waals surface area contributed by atoms with Gasteiger partial charge in [-0.1, -0.05) is 31.5 Å². The maximum atomic E-state index is 11.6. The fraction of sp³-hybridized carbons (Fsp3) is 0.462. The molecule has 0 saturated heterocycles. The number of nitrogens with two attached hydrogens (primary N) is 1. The van der Waals surface area contributed by atoms with Gasteiger partial charge in [0.15, 0.2) is 0 Å². The first-order chi connectivity index (χ1) is 7.63. The molecule has 4 heteroatoms. The Bertz CT molecular complexity index is 353. The molecular formula is C13H21ClN2O. The lowest BCUT2D eigenvalue weighted by molar-refractivity contribution is -0.116. The van der Waals surface area contributed by atoms with Crippen molar-refractivity contribution in [2.45, 2.75) is 39.2 Å². The van der Waals surface area contributed by atoms with Gasteiger partial charge in [0, 0.05) is 18.2 Å². The second-order valence-corrected chi connectivity index (χ2v) is 4.14. The number of carbonyl (C=O) groups is 1. The molecule has 1 amide bonds. The van der Waals surface area contributed by atoms with Crippen molar-refractivity contribution in [2.24, 2.45) is 5.73 Å². The highest BCUT2D eigenvalue weighted by molar-refractivity contribution is 5.91. The Morgan fingerprint density at radius 2 is 2.06 bits per heavy atom. The van der Waals surface area contributed by atoms with E-state index >= 15 is 0 Å². The van der Waals surface area contributed by atoms with Crippen molar-refractivity contribution < 1.29 is 4.79 Å². The third kappa shape index (κ3) is 5.71. The number of halogens is 1. The molecule has 3 N–H and O–H groups in total. The predicted molar refractivity (Wildman–Crippen MR) is 74.6 cm³/mol. The predicted octanol–water partition coefficient (Wildman–Crippen LogP) is 2.74. The van der Waals surface area contributed by atoms with Crippen molar-refractivity contribution in [3.05, 3.63) is 29.8 Å². The zero-order chi connectivity index (χ0) is 12.0. The van der Waals surface area contributed by atoms with Gasteiger partial charge in [-0.05, 0) is 25.0 Å². The maximum absolute atomic E-state index is 11.6.